The summed E-state index contributed by atoms with van der Waals surface area (Å²) in [4.78, 5) is 31.3. The second-order valence-electron chi connectivity index (χ2n) is 6.16. The van der Waals surface area contributed by atoms with E-state index in [1.807, 2.05) is 6.92 Å². The molecule has 0 spiro atoms. The van der Waals surface area contributed by atoms with Gasteiger partial charge in [-0.25, -0.2) is 0 Å². The molecule has 0 saturated carbocycles. The van der Waals surface area contributed by atoms with Crippen molar-refractivity contribution >= 4 is 17.5 Å². The fourth-order valence-corrected chi connectivity index (χ4v) is 3.13. The van der Waals surface area contributed by atoms with Crippen LogP contribution in [0.25, 0.3) is 0 Å². The first-order chi connectivity index (χ1) is 12.1. The summed E-state index contributed by atoms with van der Waals surface area (Å²) < 4.78 is 5.22. The molecule has 3 heterocycles. The Kier molecular flexibility index (Phi) is 5.11. The predicted octanol–water partition coefficient (Wildman–Crippen LogP) is 2.57. The third-order valence-corrected chi connectivity index (χ3v) is 4.48. The van der Waals surface area contributed by atoms with Gasteiger partial charge in [0.1, 0.15) is 17.4 Å². The fourth-order valence-electron chi connectivity index (χ4n) is 3.13. The molecule has 1 N–H and O–H groups in total. The van der Waals surface area contributed by atoms with Gasteiger partial charge < -0.3 is 14.7 Å². The van der Waals surface area contributed by atoms with E-state index in [0.717, 1.165) is 12.8 Å². The molecule has 7 nitrogen and oxygen atoms in total. The first-order valence-corrected chi connectivity index (χ1v) is 8.58. The van der Waals surface area contributed by atoms with E-state index in [2.05, 4.69) is 15.5 Å². The Balaban J connectivity index is 1.79. The van der Waals surface area contributed by atoms with Crippen LogP contribution in [-0.2, 0) is 11.2 Å². The number of nitrogens with zero attached hydrogens (tertiary/aromatic N) is 3. The monoisotopic (exact) mass is 342 g/mol. The first kappa shape index (κ1) is 17.1. The highest BCUT2D eigenvalue weighted by Gasteiger charge is 2.33. The molecule has 2 aromatic heterocycles. The summed E-state index contributed by atoms with van der Waals surface area (Å²) in [5.74, 6) is 0.287. The Morgan fingerprint density at radius 1 is 1.40 bits per heavy atom. The van der Waals surface area contributed by atoms with Crippen LogP contribution in [0, 0.1) is 6.92 Å². The minimum atomic E-state index is -0.500. The van der Waals surface area contributed by atoms with Crippen LogP contribution in [0.1, 0.15) is 48.0 Å². The van der Waals surface area contributed by atoms with E-state index < -0.39 is 6.04 Å². The normalized spacial score (nSPS) is 17.4. The van der Waals surface area contributed by atoms with E-state index in [9.17, 15) is 9.59 Å². The van der Waals surface area contributed by atoms with E-state index in [1.54, 1.807) is 30.2 Å². The van der Waals surface area contributed by atoms with Crippen molar-refractivity contribution in [2.45, 2.75) is 45.6 Å². The third kappa shape index (κ3) is 3.55. The summed E-state index contributed by atoms with van der Waals surface area (Å²) in [6.45, 7) is 4.29. The molecule has 3 rings (SSSR count). The van der Waals surface area contributed by atoms with Gasteiger partial charge in [-0.1, -0.05) is 12.1 Å². The zero-order chi connectivity index (χ0) is 17.8. The molecule has 0 bridgehead atoms. The fraction of sp³-hybridized carbons (Fsp3) is 0.444. The number of pyridine rings is 1. The van der Waals surface area contributed by atoms with Gasteiger partial charge in [0.05, 0.1) is 5.56 Å². The number of carbonyl (C=O) groups is 2. The first-order valence-electron chi connectivity index (χ1n) is 8.58. The smallest absolute Gasteiger partial charge is 0.256 e. The molecular formula is C18H22N4O3. The molecule has 1 atom stereocenters. The predicted molar refractivity (Wildman–Crippen MR) is 92.2 cm³/mol. The van der Waals surface area contributed by atoms with E-state index in [1.165, 1.54) is 6.20 Å². The summed E-state index contributed by atoms with van der Waals surface area (Å²) in [5, 5.41) is 6.82. The Morgan fingerprint density at radius 2 is 2.24 bits per heavy atom. The van der Waals surface area contributed by atoms with Crippen molar-refractivity contribution in [3.63, 3.8) is 0 Å². The molecule has 1 fully saturated rings. The summed E-state index contributed by atoms with van der Waals surface area (Å²) in [6.07, 6.45) is 6.24. The van der Waals surface area contributed by atoms with Crippen LogP contribution in [0.2, 0.25) is 0 Å². The number of piperidine rings is 1. The molecule has 2 amide bonds. The average Bonchev–Trinajstić information content (AvgIpc) is 3.01. The number of hydrogen-bond acceptors (Lipinski definition) is 5. The average molecular weight is 342 g/mol. The van der Waals surface area contributed by atoms with Crippen molar-refractivity contribution in [2.75, 3.05) is 11.9 Å². The Hall–Kier alpha value is -2.70. The molecule has 1 aliphatic heterocycles. The number of nitrogens with one attached hydrogen (secondary N) is 1. The Bertz CT molecular complexity index is 757. The van der Waals surface area contributed by atoms with Crippen molar-refractivity contribution in [1.82, 2.24) is 15.0 Å². The minimum absolute atomic E-state index is 0.161. The number of aryl methyl sites for hydroxylation is 2. The van der Waals surface area contributed by atoms with E-state index in [4.69, 9.17) is 4.52 Å². The standard InChI is InChI=1S/C18H22N4O3/c1-3-15-16(12(2)21-25-15)20-17(23)14-8-4-5-10-22(14)18(24)13-7-6-9-19-11-13/h6-7,9,11,14H,3-5,8,10H2,1-2H3,(H,20,23). The van der Waals surface area contributed by atoms with Gasteiger partial charge in [-0.05, 0) is 38.3 Å². The number of carbonyl (C=O) groups excluding carboxylic acids is 2. The molecule has 25 heavy (non-hydrogen) atoms. The highest BCUT2D eigenvalue weighted by molar-refractivity contribution is 6.01. The van der Waals surface area contributed by atoms with Crippen molar-refractivity contribution in [2.24, 2.45) is 0 Å². The van der Waals surface area contributed by atoms with Crippen molar-refractivity contribution in [3.05, 3.63) is 41.5 Å². The Morgan fingerprint density at radius 3 is 2.96 bits per heavy atom. The van der Waals surface area contributed by atoms with Crippen LogP contribution in [0.15, 0.2) is 29.0 Å². The zero-order valence-electron chi connectivity index (χ0n) is 14.5. The maximum atomic E-state index is 12.8. The molecule has 0 radical (unpaired) electrons. The number of rotatable bonds is 4. The summed E-state index contributed by atoms with van der Waals surface area (Å²) >= 11 is 0. The molecule has 132 valence electrons. The van der Waals surface area contributed by atoms with Gasteiger partial charge in [-0.2, -0.15) is 0 Å². The quantitative estimate of drug-likeness (QED) is 0.922. The van der Waals surface area contributed by atoms with Crippen molar-refractivity contribution in [1.29, 1.82) is 0 Å². The summed E-state index contributed by atoms with van der Waals surface area (Å²) in [5.41, 5.74) is 1.76. The van der Waals surface area contributed by atoms with Crippen LogP contribution >= 0.6 is 0 Å². The minimum Gasteiger partial charge on any atom is -0.359 e. The SMILES string of the molecule is CCc1onc(C)c1NC(=O)C1CCCCN1C(=O)c1cccnc1. The number of likely N-dealkylation sites (tertiary alicyclic amines) is 1. The van der Waals surface area contributed by atoms with E-state index in [0.29, 0.717) is 42.1 Å². The second kappa shape index (κ2) is 7.46. The third-order valence-electron chi connectivity index (χ3n) is 4.48. The maximum Gasteiger partial charge on any atom is 0.256 e. The molecular weight excluding hydrogens is 320 g/mol. The van der Waals surface area contributed by atoms with Gasteiger partial charge in [-0.15, -0.1) is 0 Å². The highest BCUT2D eigenvalue weighted by atomic mass is 16.5. The topological polar surface area (TPSA) is 88.3 Å². The number of hydrogen-bond donors (Lipinski definition) is 1. The number of anilines is 1. The molecule has 2 aromatic rings. The van der Waals surface area contributed by atoms with Gasteiger partial charge in [0.25, 0.3) is 5.91 Å². The molecule has 1 unspecified atom stereocenters. The second-order valence-corrected chi connectivity index (χ2v) is 6.16. The highest BCUT2D eigenvalue weighted by Crippen LogP contribution is 2.24. The van der Waals surface area contributed by atoms with Gasteiger partial charge >= 0.3 is 0 Å². The van der Waals surface area contributed by atoms with Gasteiger partial charge in [-0.3, -0.25) is 14.6 Å². The molecule has 7 heteroatoms. The van der Waals surface area contributed by atoms with Crippen LogP contribution in [0.3, 0.4) is 0 Å². The summed E-state index contributed by atoms with van der Waals surface area (Å²) in [6, 6.07) is 2.94. The van der Waals surface area contributed by atoms with Gasteiger partial charge in [0, 0.05) is 25.4 Å². The lowest BCUT2D eigenvalue weighted by atomic mass is 10.00. The lowest BCUT2D eigenvalue weighted by Crippen LogP contribution is -2.50. The van der Waals surface area contributed by atoms with Crippen molar-refractivity contribution in [3.8, 4) is 0 Å². The molecule has 1 aliphatic rings. The molecule has 1 saturated heterocycles. The lowest BCUT2D eigenvalue weighted by molar-refractivity contribution is -0.121. The Labute approximate surface area is 146 Å². The van der Waals surface area contributed by atoms with Gasteiger partial charge in [0.15, 0.2) is 5.76 Å². The van der Waals surface area contributed by atoms with Gasteiger partial charge in [0.2, 0.25) is 5.91 Å². The van der Waals surface area contributed by atoms with E-state index in [-0.39, 0.29) is 11.8 Å². The van der Waals surface area contributed by atoms with E-state index >= 15 is 0 Å². The largest absolute Gasteiger partial charge is 0.359 e. The van der Waals surface area contributed by atoms with Crippen LogP contribution < -0.4 is 5.32 Å². The maximum absolute atomic E-state index is 12.8. The number of aromatic nitrogens is 2. The van der Waals surface area contributed by atoms with Crippen LogP contribution in [-0.4, -0.2) is 39.4 Å². The van der Waals surface area contributed by atoms with Crippen LogP contribution in [0.4, 0.5) is 5.69 Å². The lowest BCUT2D eigenvalue weighted by Gasteiger charge is -2.34. The number of amides is 2. The molecule has 0 aliphatic carbocycles. The zero-order valence-corrected chi connectivity index (χ0v) is 14.5. The van der Waals surface area contributed by atoms with Crippen LogP contribution in [0.5, 0.6) is 0 Å². The molecule has 0 aromatic carbocycles. The van der Waals surface area contributed by atoms with Crippen molar-refractivity contribution < 1.29 is 14.1 Å². The summed E-state index contributed by atoms with van der Waals surface area (Å²) in [7, 11) is 0.